The van der Waals surface area contributed by atoms with Crippen LogP contribution in [0.1, 0.15) is 36.7 Å². The van der Waals surface area contributed by atoms with Gasteiger partial charge < -0.3 is 20.4 Å². The van der Waals surface area contributed by atoms with Crippen LogP contribution in [0.25, 0.3) is 0 Å². The molecule has 0 aliphatic carbocycles. The Morgan fingerprint density at radius 2 is 2.29 bits per heavy atom. The van der Waals surface area contributed by atoms with Gasteiger partial charge >= 0.3 is 0 Å². The fourth-order valence-corrected chi connectivity index (χ4v) is 2.35. The van der Waals surface area contributed by atoms with Crippen LogP contribution in [0.15, 0.2) is 22.8 Å². The van der Waals surface area contributed by atoms with Crippen molar-refractivity contribution in [1.82, 2.24) is 16.0 Å². The summed E-state index contributed by atoms with van der Waals surface area (Å²) in [5, 5.41) is 9.00. The van der Waals surface area contributed by atoms with Crippen LogP contribution >= 0.6 is 12.4 Å². The molecule has 1 saturated heterocycles. The van der Waals surface area contributed by atoms with Gasteiger partial charge in [-0.1, -0.05) is 0 Å². The van der Waals surface area contributed by atoms with E-state index in [4.69, 9.17) is 4.42 Å². The van der Waals surface area contributed by atoms with E-state index in [2.05, 4.69) is 22.9 Å². The summed E-state index contributed by atoms with van der Waals surface area (Å²) < 4.78 is 4.97. The fourth-order valence-electron chi connectivity index (χ4n) is 2.35. The highest BCUT2D eigenvalue weighted by Crippen LogP contribution is 2.08. The lowest BCUT2D eigenvalue weighted by molar-refractivity contribution is -0.121. The second-order valence-corrected chi connectivity index (χ2v) is 5.13. The van der Waals surface area contributed by atoms with E-state index in [1.54, 1.807) is 12.1 Å². The zero-order chi connectivity index (χ0) is 14.4. The molecule has 1 aliphatic rings. The van der Waals surface area contributed by atoms with Crippen molar-refractivity contribution in [2.24, 2.45) is 0 Å². The van der Waals surface area contributed by atoms with Crippen LogP contribution in [0.2, 0.25) is 0 Å². The van der Waals surface area contributed by atoms with Gasteiger partial charge in [-0.05, 0) is 38.4 Å². The Bertz CT molecular complexity index is 450. The highest BCUT2D eigenvalue weighted by Gasteiger charge is 2.19. The van der Waals surface area contributed by atoms with Gasteiger partial charge in [0.15, 0.2) is 5.76 Å². The average Bonchev–Trinajstić information content (AvgIpc) is 2.92. The predicted molar refractivity (Wildman–Crippen MR) is 81.5 cm³/mol. The maximum atomic E-state index is 11.8. The van der Waals surface area contributed by atoms with Gasteiger partial charge in [0.25, 0.3) is 5.91 Å². The SMILES string of the molecule is CC1CC(NC(=O)CCNC(=O)c2ccco2)CCN1.Cl. The van der Waals surface area contributed by atoms with Gasteiger partial charge in [-0.2, -0.15) is 0 Å². The number of nitrogens with one attached hydrogen (secondary N) is 3. The number of furan rings is 1. The molecule has 1 aliphatic heterocycles. The Hall–Kier alpha value is -1.53. The molecule has 1 aromatic rings. The fraction of sp³-hybridized carbons (Fsp3) is 0.571. The summed E-state index contributed by atoms with van der Waals surface area (Å²) >= 11 is 0. The van der Waals surface area contributed by atoms with Crippen LogP contribution in [0.3, 0.4) is 0 Å². The first-order chi connectivity index (χ1) is 9.65. The summed E-state index contributed by atoms with van der Waals surface area (Å²) in [7, 11) is 0. The van der Waals surface area contributed by atoms with E-state index in [-0.39, 0.29) is 42.4 Å². The lowest BCUT2D eigenvalue weighted by atomic mass is 10.0. The molecule has 2 rings (SSSR count). The minimum Gasteiger partial charge on any atom is -0.459 e. The molecule has 1 fully saturated rings. The smallest absolute Gasteiger partial charge is 0.286 e. The van der Waals surface area contributed by atoms with Crippen molar-refractivity contribution in [3.8, 4) is 0 Å². The van der Waals surface area contributed by atoms with Gasteiger partial charge in [0.1, 0.15) is 0 Å². The van der Waals surface area contributed by atoms with Gasteiger partial charge in [-0.25, -0.2) is 0 Å². The van der Waals surface area contributed by atoms with Crippen LogP contribution in [0.4, 0.5) is 0 Å². The van der Waals surface area contributed by atoms with E-state index >= 15 is 0 Å². The normalized spacial score (nSPS) is 21.2. The number of rotatable bonds is 5. The lowest BCUT2D eigenvalue weighted by Crippen LogP contribution is -2.47. The molecule has 118 valence electrons. The van der Waals surface area contributed by atoms with Gasteiger partial charge in [0.2, 0.25) is 5.91 Å². The summed E-state index contributed by atoms with van der Waals surface area (Å²) in [5.41, 5.74) is 0. The standard InChI is InChI=1S/C14H21N3O3.ClH/c1-10-9-11(4-6-15-10)17-13(18)5-7-16-14(19)12-3-2-8-20-12;/h2-3,8,10-11,15H,4-7,9H2,1H3,(H,16,19)(H,17,18);1H. The molecule has 2 unspecified atom stereocenters. The quantitative estimate of drug-likeness (QED) is 0.759. The van der Waals surface area contributed by atoms with E-state index in [0.29, 0.717) is 12.6 Å². The number of piperidine rings is 1. The number of carbonyl (C=O) groups is 2. The monoisotopic (exact) mass is 315 g/mol. The number of hydrogen-bond donors (Lipinski definition) is 3. The van der Waals surface area contributed by atoms with Gasteiger partial charge in [0.05, 0.1) is 6.26 Å². The minimum atomic E-state index is -0.293. The van der Waals surface area contributed by atoms with E-state index < -0.39 is 0 Å². The molecule has 2 atom stereocenters. The molecule has 1 aromatic heterocycles. The van der Waals surface area contributed by atoms with Crippen LogP contribution < -0.4 is 16.0 Å². The second kappa shape index (κ2) is 8.69. The summed E-state index contributed by atoms with van der Waals surface area (Å²) in [6, 6.07) is 3.92. The van der Waals surface area contributed by atoms with E-state index in [9.17, 15) is 9.59 Å². The Balaban J connectivity index is 0.00000220. The topological polar surface area (TPSA) is 83.4 Å². The van der Waals surface area contributed by atoms with Gasteiger partial charge in [-0.15, -0.1) is 12.4 Å². The third kappa shape index (κ3) is 5.77. The predicted octanol–water partition coefficient (Wildman–Crippen LogP) is 1.08. The van der Waals surface area contributed by atoms with Crippen LogP contribution in [-0.4, -0.2) is 37.0 Å². The van der Waals surface area contributed by atoms with Crippen molar-refractivity contribution in [3.05, 3.63) is 24.2 Å². The molecule has 0 aromatic carbocycles. The van der Waals surface area contributed by atoms with Crippen molar-refractivity contribution >= 4 is 24.2 Å². The first-order valence-corrected chi connectivity index (χ1v) is 6.99. The highest BCUT2D eigenvalue weighted by atomic mass is 35.5. The molecule has 0 radical (unpaired) electrons. The molecular weight excluding hydrogens is 294 g/mol. The maximum Gasteiger partial charge on any atom is 0.286 e. The number of halogens is 1. The molecule has 7 heteroatoms. The van der Waals surface area contributed by atoms with Crippen molar-refractivity contribution < 1.29 is 14.0 Å². The average molecular weight is 316 g/mol. The first-order valence-electron chi connectivity index (χ1n) is 6.99. The molecule has 2 amide bonds. The third-order valence-electron chi connectivity index (χ3n) is 3.37. The van der Waals surface area contributed by atoms with Crippen LogP contribution in [0, 0.1) is 0 Å². The summed E-state index contributed by atoms with van der Waals surface area (Å²) in [6.07, 6.45) is 3.63. The Morgan fingerprint density at radius 1 is 1.48 bits per heavy atom. The van der Waals surface area contributed by atoms with Crippen molar-refractivity contribution in [2.45, 2.75) is 38.3 Å². The second-order valence-electron chi connectivity index (χ2n) is 5.13. The number of amides is 2. The summed E-state index contributed by atoms with van der Waals surface area (Å²) in [6.45, 7) is 3.36. The third-order valence-corrected chi connectivity index (χ3v) is 3.37. The summed E-state index contributed by atoms with van der Waals surface area (Å²) in [4.78, 5) is 23.4. The van der Waals surface area contributed by atoms with Crippen molar-refractivity contribution in [3.63, 3.8) is 0 Å². The zero-order valence-electron chi connectivity index (χ0n) is 12.1. The Kier molecular flexibility index (Phi) is 7.25. The van der Waals surface area contributed by atoms with Crippen molar-refractivity contribution in [1.29, 1.82) is 0 Å². The van der Waals surface area contributed by atoms with Gasteiger partial charge in [-0.3, -0.25) is 9.59 Å². The Morgan fingerprint density at radius 3 is 2.95 bits per heavy atom. The summed E-state index contributed by atoms with van der Waals surface area (Å²) in [5.74, 6) is -0.0558. The Labute approximate surface area is 130 Å². The molecule has 0 bridgehead atoms. The van der Waals surface area contributed by atoms with E-state index in [1.807, 2.05) is 0 Å². The lowest BCUT2D eigenvalue weighted by Gasteiger charge is -2.28. The maximum absolute atomic E-state index is 11.8. The molecule has 2 heterocycles. The molecule has 0 spiro atoms. The molecule has 0 saturated carbocycles. The van der Waals surface area contributed by atoms with Crippen LogP contribution in [-0.2, 0) is 4.79 Å². The molecule has 3 N–H and O–H groups in total. The largest absolute Gasteiger partial charge is 0.459 e. The van der Waals surface area contributed by atoms with Crippen LogP contribution in [0.5, 0.6) is 0 Å². The molecule has 6 nitrogen and oxygen atoms in total. The molecule has 21 heavy (non-hydrogen) atoms. The van der Waals surface area contributed by atoms with E-state index in [0.717, 1.165) is 19.4 Å². The highest BCUT2D eigenvalue weighted by molar-refractivity contribution is 5.91. The van der Waals surface area contributed by atoms with Gasteiger partial charge in [0, 0.05) is 25.0 Å². The van der Waals surface area contributed by atoms with Crippen molar-refractivity contribution in [2.75, 3.05) is 13.1 Å². The first kappa shape index (κ1) is 17.5. The number of hydrogen-bond acceptors (Lipinski definition) is 4. The molecular formula is C14H22ClN3O3. The van der Waals surface area contributed by atoms with E-state index in [1.165, 1.54) is 6.26 Å². The zero-order valence-corrected chi connectivity index (χ0v) is 12.9. The minimum absolute atomic E-state index is 0. The number of carbonyl (C=O) groups excluding carboxylic acids is 2.